The summed E-state index contributed by atoms with van der Waals surface area (Å²) in [7, 11) is 0. The summed E-state index contributed by atoms with van der Waals surface area (Å²) in [6, 6.07) is 4.31. The molecule has 2 aromatic rings. The molecule has 3 rings (SSSR count). The van der Waals surface area contributed by atoms with Gasteiger partial charge in [0.15, 0.2) is 17.9 Å². The highest BCUT2D eigenvalue weighted by atomic mass is 19.1. The summed E-state index contributed by atoms with van der Waals surface area (Å²) in [5, 5.41) is 25.7. The number of nitrogens with two attached hydrogens (primary N) is 2. The number of carbonyl (C=O) groups excluding carboxylic acids is 1. The third-order valence-electron chi connectivity index (χ3n) is 4.59. The molecule has 1 amide bonds. The highest BCUT2D eigenvalue weighted by Gasteiger charge is 2.28. The fourth-order valence-electron chi connectivity index (χ4n) is 2.90. The van der Waals surface area contributed by atoms with E-state index in [-0.39, 0.29) is 18.1 Å². The van der Waals surface area contributed by atoms with Crippen molar-refractivity contribution in [2.24, 2.45) is 16.5 Å². The summed E-state index contributed by atoms with van der Waals surface area (Å²) in [6.07, 6.45) is -2.51. The Hall–Kier alpha value is -4.33. The second kappa shape index (κ2) is 9.86. The molecule has 2 heterocycles. The molecule has 0 aliphatic carbocycles. The van der Waals surface area contributed by atoms with Gasteiger partial charge >= 0.3 is 11.9 Å². The Morgan fingerprint density at radius 3 is 2.52 bits per heavy atom. The van der Waals surface area contributed by atoms with Crippen LogP contribution < -0.4 is 27.4 Å². The van der Waals surface area contributed by atoms with Crippen LogP contribution in [-0.2, 0) is 16.1 Å². The molecule has 0 bridgehead atoms. The van der Waals surface area contributed by atoms with Crippen LogP contribution in [0, 0.1) is 0 Å². The minimum atomic E-state index is -2.42. The molecule has 0 radical (unpaired) electrons. The van der Waals surface area contributed by atoms with E-state index in [4.69, 9.17) is 21.7 Å². The lowest BCUT2D eigenvalue weighted by molar-refractivity contribution is -0.145. The number of aliphatic carboxylic acids is 2. The second-order valence-electron chi connectivity index (χ2n) is 7.02. The van der Waals surface area contributed by atoms with Gasteiger partial charge in [0.05, 0.1) is 18.4 Å². The topological polar surface area (TPSA) is 218 Å². The maximum Gasteiger partial charge on any atom is 0.338 e. The highest BCUT2D eigenvalue weighted by Crippen LogP contribution is 2.22. The van der Waals surface area contributed by atoms with Crippen molar-refractivity contribution in [3.8, 4) is 0 Å². The molecular weight excluding hydrogens is 439 g/mol. The van der Waals surface area contributed by atoms with Gasteiger partial charge in [0.2, 0.25) is 0 Å². The van der Waals surface area contributed by atoms with Gasteiger partial charge in [0, 0.05) is 17.7 Å². The average Bonchev–Trinajstić information content (AvgIpc) is 2.77. The zero-order chi connectivity index (χ0) is 24.1. The van der Waals surface area contributed by atoms with Crippen molar-refractivity contribution in [1.29, 1.82) is 0 Å². The molecule has 33 heavy (non-hydrogen) atoms. The number of hydrogen-bond acceptors (Lipinski definition) is 10. The van der Waals surface area contributed by atoms with Gasteiger partial charge in [-0.3, -0.25) is 4.79 Å². The smallest absolute Gasteiger partial charge is 0.338 e. The van der Waals surface area contributed by atoms with E-state index in [1.54, 1.807) is 12.1 Å². The number of benzene rings is 1. The van der Waals surface area contributed by atoms with E-state index in [0.29, 0.717) is 22.9 Å². The minimum absolute atomic E-state index is 0.110. The molecule has 0 saturated carbocycles. The summed E-state index contributed by atoms with van der Waals surface area (Å²) in [5.74, 6) is -3.55. The quantitative estimate of drug-likeness (QED) is 0.259. The Bertz CT molecular complexity index is 1090. The predicted octanol–water partition coefficient (Wildman–Crippen LogP) is -0.218. The number of hydrogen-bond donors (Lipinski definition) is 7. The molecule has 14 heteroatoms. The standard InChI is InChI=1S/C19H21FN8O5/c20-11(17(30)31)5-12(18(32)33)26-16(29)8-1-3-9(4-2-8)23-6-10-7-24-15-13(25-10)14(21)27-19(22)28-15/h1-4,7,11-12,14,23H,5-6,21H2,(H,26,29)(H,30,31)(H,32,33)(H3,22,24,27,28)/t11?,12-,14?/m0/s1. The first-order valence-corrected chi connectivity index (χ1v) is 9.60. The van der Waals surface area contributed by atoms with Crippen molar-refractivity contribution >= 4 is 35.3 Å². The first-order valence-electron chi connectivity index (χ1n) is 9.60. The first kappa shape index (κ1) is 23.3. The summed E-state index contributed by atoms with van der Waals surface area (Å²) in [6.45, 7) is 0.284. The number of aliphatic imine (C=N–C) groups is 1. The normalized spacial score (nSPS) is 16.4. The van der Waals surface area contributed by atoms with E-state index in [0.717, 1.165) is 0 Å². The van der Waals surface area contributed by atoms with E-state index in [9.17, 15) is 18.8 Å². The van der Waals surface area contributed by atoms with Crippen LogP contribution >= 0.6 is 0 Å². The number of nitrogens with one attached hydrogen (secondary N) is 3. The number of fused-ring (bicyclic) bond motifs is 1. The van der Waals surface area contributed by atoms with E-state index in [2.05, 4.69) is 30.9 Å². The summed E-state index contributed by atoms with van der Waals surface area (Å²) >= 11 is 0. The number of halogens is 1. The number of carboxylic acid groups (broad SMARTS) is 2. The van der Waals surface area contributed by atoms with Crippen molar-refractivity contribution < 1.29 is 29.0 Å². The fraction of sp³-hybridized carbons (Fsp3) is 0.263. The Morgan fingerprint density at radius 2 is 1.88 bits per heavy atom. The molecule has 9 N–H and O–H groups in total. The van der Waals surface area contributed by atoms with Gasteiger partial charge in [-0.1, -0.05) is 0 Å². The van der Waals surface area contributed by atoms with Crippen molar-refractivity contribution in [3.63, 3.8) is 0 Å². The van der Waals surface area contributed by atoms with E-state index >= 15 is 0 Å². The van der Waals surface area contributed by atoms with Gasteiger partial charge in [-0.25, -0.2) is 28.9 Å². The van der Waals surface area contributed by atoms with Crippen LogP contribution in [0.4, 0.5) is 15.9 Å². The van der Waals surface area contributed by atoms with Gasteiger partial charge < -0.3 is 37.6 Å². The predicted molar refractivity (Wildman–Crippen MR) is 114 cm³/mol. The lowest BCUT2D eigenvalue weighted by Gasteiger charge is -2.19. The van der Waals surface area contributed by atoms with Crippen molar-refractivity contribution in [2.45, 2.75) is 31.3 Å². The summed E-state index contributed by atoms with van der Waals surface area (Å²) in [4.78, 5) is 46.7. The van der Waals surface area contributed by atoms with Crippen LogP contribution in [-0.4, -0.2) is 56.2 Å². The monoisotopic (exact) mass is 460 g/mol. The second-order valence-corrected chi connectivity index (χ2v) is 7.02. The van der Waals surface area contributed by atoms with Gasteiger partial charge in [-0.2, -0.15) is 0 Å². The number of guanidine groups is 1. The summed E-state index contributed by atoms with van der Waals surface area (Å²) in [5.41, 5.74) is 13.3. The van der Waals surface area contributed by atoms with Gasteiger partial charge in [0.1, 0.15) is 17.9 Å². The lowest BCUT2D eigenvalue weighted by atomic mass is 10.1. The molecule has 0 fully saturated rings. The molecule has 3 atom stereocenters. The van der Waals surface area contributed by atoms with Crippen LogP contribution in [0.2, 0.25) is 0 Å². The third kappa shape index (κ3) is 5.88. The molecule has 0 spiro atoms. The fourth-order valence-corrected chi connectivity index (χ4v) is 2.90. The Labute approximate surface area is 186 Å². The number of amides is 1. The van der Waals surface area contributed by atoms with Crippen LogP contribution in [0.1, 0.15) is 34.3 Å². The van der Waals surface area contributed by atoms with E-state index < -0.39 is 42.6 Å². The number of carbonyl (C=O) groups is 3. The number of carboxylic acids is 2. The number of aromatic nitrogens is 2. The molecule has 174 valence electrons. The minimum Gasteiger partial charge on any atom is -0.480 e. The average molecular weight is 460 g/mol. The first-order chi connectivity index (χ1) is 15.6. The highest BCUT2D eigenvalue weighted by molar-refractivity contribution is 5.97. The number of nitrogens with zero attached hydrogens (tertiary/aromatic N) is 3. The molecular formula is C19H21FN8O5. The molecule has 1 aromatic carbocycles. The largest absolute Gasteiger partial charge is 0.480 e. The van der Waals surface area contributed by atoms with Gasteiger partial charge in [-0.15, -0.1) is 0 Å². The maximum atomic E-state index is 13.3. The van der Waals surface area contributed by atoms with Crippen LogP contribution in [0.3, 0.4) is 0 Å². The van der Waals surface area contributed by atoms with E-state index in [1.165, 1.54) is 18.3 Å². The Kier molecular flexibility index (Phi) is 6.97. The SMILES string of the molecule is NC1=NC(N)c2nc(CNc3ccc(C(=O)N[C@@H](CC(F)C(=O)O)C(=O)O)cc3)cnc2N1. The van der Waals surface area contributed by atoms with Gasteiger partial charge in [0.25, 0.3) is 5.91 Å². The Morgan fingerprint density at radius 1 is 1.18 bits per heavy atom. The van der Waals surface area contributed by atoms with Crippen LogP contribution in [0.25, 0.3) is 0 Å². The van der Waals surface area contributed by atoms with Crippen molar-refractivity contribution in [3.05, 3.63) is 47.4 Å². The Balaban J connectivity index is 1.59. The summed E-state index contributed by atoms with van der Waals surface area (Å²) < 4.78 is 13.3. The molecule has 13 nitrogen and oxygen atoms in total. The van der Waals surface area contributed by atoms with Gasteiger partial charge in [-0.05, 0) is 24.3 Å². The lowest BCUT2D eigenvalue weighted by Crippen LogP contribution is -2.43. The van der Waals surface area contributed by atoms with E-state index in [1.807, 2.05) is 0 Å². The van der Waals surface area contributed by atoms with Crippen molar-refractivity contribution in [1.82, 2.24) is 15.3 Å². The zero-order valence-corrected chi connectivity index (χ0v) is 17.0. The van der Waals surface area contributed by atoms with Crippen LogP contribution in [0.5, 0.6) is 0 Å². The molecule has 2 unspecified atom stereocenters. The number of alkyl halides is 1. The molecule has 1 aliphatic rings. The molecule has 1 aromatic heterocycles. The third-order valence-corrected chi connectivity index (χ3v) is 4.59. The maximum absolute atomic E-state index is 13.3. The number of anilines is 2. The molecule has 0 saturated heterocycles. The number of rotatable bonds is 9. The van der Waals surface area contributed by atoms with Crippen molar-refractivity contribution in [2.75, 3.05) is 10.6 Å². The zero-order valence-electron chi connectivity index (χ0n) is 17.0. The molecule has 1 aliphatic heterocycles. The van der Waals surface area contributed by atoms with Crippen LogP contribution in [0.15, 0.2) is 35.5 Å².